The highest BCUT2D eigenvalue weighted by atomic mass is 19.1. The normalized spacial score (nSPS) is 12.3. The zero-order valence-corrected chi connectivity index (χ0v) is 17.4. The fraction of sp³-hybridized carbons (Fsp3) is 0.208. The molecule has 6 nitrogen and oxygen atoms in total. The van der Waals surface area contributed by atoms with E-state index in [9.17, 15) is 13.9 Å². The number of aliphatic hydroxyl groups excluding tert-OH is 1. The van der Waals surface area contributed by atoms with Gasteiger partial charge in [0.2, 0.25) is 5.82 Å². The molecule has 1 unspecified atom stereocenters. The first-order chi connectivity index (χ1) is 15.5. The van der Waals surface area contributed by atoms with Gasteiger partial charge >= 0.3 is 0 Å². The van der Waals surface area contributed by atoms with Crippen LogP contribution >= 0.6 is 0 Å². The third kappa shape index (κ3) is 5.40. The second-order valence-electron chi connectivity index (χ2n) is 7.50. The maximum absolute atomic E-state index is 13.4. The summed E-state index contributed by atoms with van der Waals surface area (Å²) in [6.45, 7) is 2.04. The van der Waals surface area contributed by atoms with E-state index in [0.717, 1.165) is 11.1 Å². The monoisotopic (exact) mass is 436 g/mol. The van der Waals surface area contributed by atoms with Crippen molar-refractivity contribution in [3.8, 4) is 11.4 Å². The molecule has 0 aliphatic heterocycles. The summed E-state index contributed by atoms with van der Waals surface area (Å²) in [7, 11) is 0. The van der Waals surface area contributed by atoms with E-state index in [1.165, 1.54) is 29.1 Å². The van der Waals surface area contributed by atoms with E-state index in [0.29, 0.717) is 17.0 Å². The number of tetrazole rings is 1. The number of hydrogen-bond donors (Lipinski definition) is 1. The minimum atomic E-state index is -0.918. The SMILES string of the molecule is Cc1ccc(-c2nnn(CC(O)COC(c3ccc(F)cc3)c3ccc(F)cc3)n2)cc1. The van der Waals surface area contributed by atoms with Crippen LogP contribution < -0.4 is 0 Å². The van der Waals surface area contributed by atoms with Crippen LogP contribution in [0.25, 0.3) is 11.4 Å². The molecule has 0 fully saturated rings. The van der Waals surface area contributed by atoms with Gasteiger partial charge in [0.15, 0.2) is 0 Å². The lowest BCUT2D eigenvalue weighted by molar-refractivity contribution is -0.00372. The summed E-state index contributed by atoms with van der Waals surface area (Å²) in [5.41, 5.74) is 3.34. The Kier molecular flexibility index (Phi) is 6.63. The molecule has 0 aliphatic rings. The molecule has 0 radical (unpaired) electrons. The fourth-order valence-electron chi connectivity index (χ4n) is 3.25. The highest BCUT2D eigenvalue weighted by Crippen LogP contribution is 2.27. The molecule has 3 aromatic carbocycles. The number of nitrogens with zero attached hydrogens (tertiary/aromatic N) is 4. The minimum absolute atomic E-state index is 0.0408. The summed E-state index contributed by atoms with van der Waals surface area (Å²) in [6.07, 6.45) is -1.52. The van der Waals surface area contributed by atoms with Crippen molar-refractivity contribution in [2.75, 3.05) is 6.61 Å². The van der Waals surface area contributed by atoms with Crippen molar-refractivity contribution in [3.63, 3.8) is 0 Å². The summed E-state index contributed by atoms with van der Waals surface area (Å²) in [5.74, 6) is -0.268. The highest BCUT2D eigenvalue weighted by molar-refractivity contribution is 5.53. The molecule has 164 valence electrons. The first-order valence-electron chi connectivity index (χ1n) is 10.1. The van der Waals surface area contributed by atoms with E-state index < -0.39 is 12.2 Å². The number of aliphatic hydroxyl groups is 1. The second-order valence-corrected chi connectivity index (χ2v) is 7.50. The third-order valence-electron chi connectivity index (χ3n) is 4.94. The van der Waals surface area contributed by atoms with Crippen LogP contribution in [0.2, 0.25) is 0 Å². The van der Waals surface area contributed by atoms with Gasteiger partial charge < -0.3 is 9.84 Å². The predicted octanol–water partition coefficient (Wildman–Crippen LogP) is 4.09. The maximum atomic E-state index is 13.4. The number of benzene rings is 3. The largest absolute Gasteiger partial charge is 0.389 e. The van der Waals surface area contributed by atoms with Crippen LogP contribution in [0.5, 0.6) is 0 Å². The summed E-state index contributed by atoms with van der Waals surface area (Å²) >= 11 is 0. The van der Waals surface area contributed by atoms with Gasteiger partial charge in [-0.05, 0) is 47.5 Å². The topological polar surface area (TPSA) is 73.1 Å². The standard InChI is InChI=1S/C24H22F2N4O2/c1-16-2-4-19(5-3-16)24-27-29-30(28-24)14-22(31)15-32-23(17-6-10-20(25)11-7-17)18-8-12-21(26)13-9-18/h2-13,22-23,31H,14-15H2,1H3. The van der Waals surface area contributed by atoms with E-state index in [1.54, 1.807) is 24.3 Å². The minimum Gasteiger partial charge on any atom is -0.389 e. The average Bonchev–Trinajstić information content (AvgIpc) is 3.25. The molecule has 0 aliphatic carbocycles. The Morgan fingerprint density at radius 2 is 1.44 bits per heavy atom. The van der Waals surface area contributed by atoms with E-state index in [-0.39, 0.29) is 24.8 Å². The molecular formula is C24H22F2N4O2. The molecule has 0 saturated heterocycles. The molecule has 8 heteroatoms. The van der Waals surface area contributed by atoms with Crippen LogP contribution in [0, 0.1) is 18.6 Å². The molecule has 0 amide bonds. The zero-order chi connectivity index (χ0) is 22.5. The average molecular weight is 436 g/mol. The van der Waals surface area contributed by atoms with Crippen LogP contribution in [0.15, 0.2) is 72.8 Å². The summed E-state index contributed by atoms with van der Waals surface area (Å²) in [5, 5.41) is 22.8. The molecule has 0 bridgehead atoms. The number of halogens is 2. The lowest BCUT2D eigenvalue weighted by atomic mass is 10.0. The van der Waals surface area contributed by atoms with Crippen molar-refractivity contribution in [2.45, 2.75) is 25.7 Å². The van der Waals surface area contributed by atoms with Gasteiger partial charge in [-0.15, -0.1) is 10.2 Å². The highest BCUT2D eigenvalue weighted by Gasteiger charge is 2.18. The van der Waals surface area contributed by atoms with Crippen molar-refractivity contribution < 1.29 is 18.6 Å². The smallest absolute Gasteiger partial charge is 0.204 e. The van der Waals surface area contributed by atoms with Crippen molar-refractivity contribution in [1.82, 2.24) is 20.2 Å². The van der Waals surface area contributed by atoms with Crippen LogP contribution in [0.4, 0.5) is 8.78 Å². The first-order valence-corrected chi connectivity index (χ1v) is 10.1. The Bertz CT molecular complexity index is 1100. The summed E-state index contributed by atoms with van der Waals surface area (Å²) in [4.78, 5) is 1.31. The maximum Gasteiger partial charge on any atom is 0.204 e. The molecule has 1 aromatic heterocycles. The third-order valence-corrected chi connectivity index (χ3v) is 4.94. The number of rotatable bonds is 8. The van der Waals surface area contributed by atoms with Crippen molar-refractivity contribution in [2.24, 2.45) is 0 Å². The van der Waals surface area contributed by atoms with Gasteiger partial charge in [-0.1, -0.05) is 54.1 Å². The molecule has 4 aromatic rings. The Hall–Kier alpha value is -3.49. The summed E-state index contributed by atoms with van der Waals surface area (Å²) < 4.78 is 32.7. The molecule has 1 atom stereocenters. The molecular weight excluding hydrogens is 414 g/mol. The predicted molar refractivity (Wildman–Crippen MR) is 115 cm³/mol. The van der Waals surface area contributed by atoms with Crippen molar-refractivity contribution in [3.05, 3.63) is 101 Å². The van der Waals surface area contributed by atoms with Crippen LogP contribution in [-0.4, -0.2) is 38.0 Å². The van der Waals surface area contributed by atoms with Gasteiger partial charge in [0.1, 0.15) is 17.7 Å². The fourth-order valence-corrected chi connectivity index (χ4v) is 3.25. The van der Waals surface area contributed by atoms with E-state index in [1.807, 2.05) is 31.2 Å². The van der Waals surface area contributed by atoms with Gasteiger partial charge in [0, 0.05) is 5.56 Å². The molecule has 4 rings (SSSR count). The number of hydrogen-bond acceptors (Lipinski definition) is 5. The van der Waals surface area contributed by atoms with Crippen LogP contribution in [-0.2, 0) is 11.3 Å². The first kappa shape index (κ1) is 21.7. The number of aryl methyl sites for hydroxylation is 1. The van der Waals surface area contributed by atoms with Crippen molar-refractivity contribution >= 4 is 0 Å². The molecule has 1 N–H and O–H groups in total. The van der Waals surface area contributed by atoms with Gasteiger partial charge in [-0.2, -0.15) is 4.80 Å². The Morgan fingerprint density at radius 3 is 2.00 bits per heavy atom. The van der Waals surface area contributed by atoms with Gasteiger partial charge in [0.25, 0.3) is 0 Å². The number of aromatic nitrogens is 4. The molecule has 1 heterocycles. The van der Waals surface area contributed by atoms with Gasteiger partial charge in [-0.3, -0.25) is 0 Å². The Labute approximate surface area is 184 Å². The molecule has 0 saturated carbocycles. The number of ether oxygens (including phenoxy) is 1. The lowest BCUT2D eigenvalue weighted by Gasteiger charge is -2.21. The summed E-state index contributed by atoms with van der Waals surface area (Å²) in [6, 6.07) is 19.5. The van der Waals surface area contributed by atoms with Crippen molar-refractivity contribution in [1.29, 1.82) is 0 Å². The quantitative estimate of drug-likeness (QED) is 0.450. The van der Waals surface area contributed by atoms with Gasteiger partial charge in [0.05, 0.1) is 19.3 Å². The van der Waals surface area contributed by atoms with E-state index in [4.69, 9.17) is 4.74 Å². The molecule has 0 spiro atoms. The Morgan fingerprint density at radius 1 is 0.875 bits per heavy atom. The lowest BCUT2D eigenvalue weighted by Crippen LogP contribution is -2.25. The van der Waals surface area contributed by atoms with E-state index >= 15 is 0 Å². The second kappa shape index (κ2) is 9.76. The van der Waals surface area contributed by atoms with Crippen LogP contribution in [0.3, 0.4) is 0 Å². The zero-order valence-electron chi connectivity index (χ0n) is 17.4. The Balaban J connectivity index is 1.43. The van der Waals surface area contributed by atoms with Crippen LogP contribution in [0.1, 0.15) is 22.8 Å². The van der Waals surface area contributed by atoms with E-state index in [2.05, 4.69) is 15.4 Å². The van der Waals surface area contributed by atoms with Gasteiger partial charge in [-0.25, -0.2) is 8.78 Å². The molecule has 32 heavy (non-hydrogen) atoms.